The fourth-order valence-electron chi connectivity index (χ4n) is 2.92. The van der Waals surface area contributed by atoms with Gasteiger partial charge in [-0.2, -0.15) is 0 Å². The van der Waals surface area contributed by atoms with Crippen LogP contribution < -0.4 is 10.2 Å². The lowest BCUT2D eigenvalue weighted by Gasteiger charge is -2.30. The molecule has 6 heteroatoms. The van der Waals surface area contributed by atoms with E-state index in [0.29, 0.717) is 23.8 Å². The highest BCUT2D eigenvalue weighted by atomic mass is 35.5. The number of para-hydroxylation sites is 2. The largest absolute Gasteiger partial charge is 0.378 e. The molecular weight excluding hydrogens is 352 g/mol. The number of ketones is 1. The molecule has 1 aliphatic rings. The zero-order valence-corrected chi connectivity index (χ0v) is 15.2. The number of anilines is 2. The van der Waals surface area contributed by atoms with E-state index in [1.165, 1.54) is 0 Å². The molecule has 2 aromatic carbocycles. The predicted molar refractivity (Wildman–Crippen MR) is 103 cm³/mol. The van der Waals surface area contributed by atoms with E-state index in [1.54, 1.807) is 24.3 Å². The van der Waals surface area contributed by atoms with Crippen molar-refractivity contribution in [2.45, 2.75) is 12.8 Å². The standard InChI is InChI=1S/C20H21ClN2O3/c21-16-6-2-1-5-15(16)19(24)9-10-20(25)22-17-7-3-4-8-18(17)23-11-13-26-14-12-23/h1-8H,9-14H2,(H,22,25). The molecule has 0 bridgehead atoms. The first-order chi connectivity index (χ1) is 12.6. The summed E-state index contributed by atoms with van der Waals surface area (Å²) in [6.07, 6.45) is 0.233. The molecule has 5 nitrogen and oxygen atoms in total. The van der Waals surface area contributed by atoms with Crippen molar-refractivity contribution in [2.24, 2.45) is 0 Å². The molecule has 3 rings (SSSR count). The van der Waals surface area contributed by atoms with Gasteiger partial charge < -0.3 is 15.0 Å². The Morgan fingerprint density at radius 1 is 1.00 bits per heavy atom. The van der Waals surface area contributed by atoms with Crippen molar-refractivity contribution in [2.75, 3.05) is 36.5 Å². The van der Waals surface area contributed by atoms with Crippen LogP contribution in [0.5, 0.6) is 0 Å². The van der Waals surface area contributed by atoms with Gasteiger partial charge in [0.1, 0.15) is 0 Å². The second-order valence-corrected chi connectivity index (χ2v) is 6.47. The van der Waals surface area contributed by atoms with Crippen LogP contribution in [0.25, 0.3) is 0 Å². The van der Waals surface area contributed by atoms with Crippen molar-refractivity contribution in [1.29, 1.82) is 0 Å². The summed E-state index contributed by atoms with van der Waals surface area (Å²) in [5.74, 6) is -0.321. The SMILES string of the molecule is O=C(CCC(=O)c1ccccc1Cl)Nc1ccccc1N1CCOCC1. The normalized spacial score (nSPS) is 14.1. The molecule has 0 spiro atoms. The third-order valence-corrected chi connectivity index (χ3v) is 4.61. The number of amides is 1. The fourth-order valence-corrected chi connectivity index (χ4v) is 3.16. The van der Waals surface area contributed by atoms with Gasteiger partial charge in [0.15, 0.2) is 5.78 Å². The van der Waals surface area contributed by atoms with E-state index in [1.807, 2.05) is 24.3 Å². The molecule has 136 valence electrons. The molecule has 1 heterocycles. The molecule has 0 unspecified atom stereocenters. The van der Waals surface area contributed by atoms with Gasteiger partial charge in [-0.1, -0.05) is 35.9 Å². The Hall–Kier alpha value is -2.37. The van der Waals surface area contributed by atoms with Gasteiger partial charge in [0, 0.05) is 31.5 Å². The Morgan fingerprint density at radius 3 is 2.46 bits per heavy atom. The van der Waals surface area contributed by atoms with Gasteiger partial charge in [-0.25, -0.2) is 0 Å². The highest BCUT2D eigenvalue weighted by molar-refractivity contribution is 6.34. The molecule has 0 atom stereocenters. The Kier molecular flexibility index (Phi) is 6.26. The van der Waals surface area contributed by atoms with Crippen LogP contribution in [0.2, 0.25) is 5.02 Å². The summed E-state index contributed by atoms with van der Waals surface area (Å²) < 4.78 is 5.38. The first kappa shape index (κ1) is 18.4. The minimum atomic E-state index is -0.189. The summed E-state index contributed by atoms with van der Waals surface area (Å²) in [5, 5.41) is 3.34. The van der Waals surface area contributed by atoms with Gasteiger partial charge >= 0.3 is 0 Å². The van der Waals surface area contributed by atoms with Gasteiger partial charge in [-0.3, -0.25) is 9.59 Å². The quantitative estimate of drug-likeness (QED) is 0.784. The molecule has 2 aromatic rings. The highest BCUT2D eigenvalue weighted by Crippen LogP contribution is 2.26. The van der Waals surface area contributed by atoms with E-state index >= 15 is 0 Å². The van der Waals surface area contributed by atoms with E-state index in [0.717, 1.165) is 24.5 Å². The molecule has 26 heavy (non-hydrogen) atoms. The minimum absolute atomic E-state index is 0.113. The Balaban J connectivity index is 1.60. The maximum atomic E-state index is 12.3. The average Bonchev–Trinajstić information content (AvgIpc) is 2.67. The first-order valence-corrected chi connectivity index (χ1v) is 9.02. The van der Waals surface area contributed by atoms with E-state index in [-0.39, 0.29) is 24.5 Å². The lowest BCUT2D eigenvalue weighted by Crippen LogP contribution is -2.36. The number of nitrogens with zero attached hydrogens (tertiary/aromatic N) is 1. The number of hydrogen-bond donors (Lipinski definition) is 1. The van der Waals surface area contributed by atoms with Crippen LogP contribution in [0.4, 0.5) is 11.4 Å². The Morgan fingerprint density at radius 2 is 1.69 bits per heavy atom. The molecule has 0 aliphatic carbocycles. The summed E-state index contributed by atoms with van der Waals surface area (Å²) in [4.78, 5) is 26.8. The second-order valence-electron chi connectivity index (χ2n) is 6.07. The van der Waals surface area contributed by atoms with Gasteiger partial charge in [-0.05, 0) is 24.3 Å². The lowest BCUT2D eigenvalue weighted by molar-refractivity contribution is -0.116. The number of nitrogens with one attached hydrogen (secondary N) is 1. The number of rotatable bonds is 6. The summed E-state index contributed by atoms with van der Waals surface area (Å²) in [6, 6.07) is 14.6. The van der Waals surface area contributed by atoms with Crippen LogP contribution in [0, 0.1) is 0 Å². The molecule has 0 radical (unpaired) electrons. The van der Waals surface area contributed by atoms with Crippen LogP contribution in [-0.4, -0.2) is 38.0 Å². The molecular formula is C20H21ClN2O3. The monoisotopic (exact) mass is 372 g/mol. The van der Waals surface area contributed by atoms with E-state index in [2.05, 4.69) is 10.2 Å². The number of benzene rings is 2. The van der Waals surface area contributed by atoms with Gasteiger partial charge in [-0.15, -0.1) is 0 Å². The minimum Gasteiger partial charge on any atom is -0.378 e. The van der Waals surface area contributed by atoms with E-state index < -0.39 is 0 Å². The smallest absolute Gasteiger partial charge is 0.224 e. The highest BCUT2D eigenvalue weighted by Gasteiger charge is 2.17. The van der Waals surface area contributed by atoms with Crippen molar-refractivity contribution in [3.8, 4) is 0 Å². The Bertz CT molecular complexity index is 788. The number of ether oxygens (including phenoxy) is 1. The van der Waals surface area contributed by atoms with Crippen molar-refractivity contribution in [3.63, 3.8) is 0 Å². The third-order valence-electron chi connectivity index (χ3n) is 4.28. The van der Waals surface area contributed by atoms with Crippen LogP contribution in [0.15, 0.2) is 48.5 Å². The topological polar surface area (TPSA) is 58.6 Å². The Labute approximate surface area is 157 Å². The number of carbonyl (C=O) groups is 2. The summed E-state index contributed by atoms with van der Waals surface area (Å²) in [7, 11) is 0. The molecule has 1 aliphatic heterocycles. The van der Waals surface area contributed by atoms with E-state index in [9.17, 15) is 9.59 Å². The van der Waals surface area contributed by atoms with Gasteiger partial charge in [0.25, 0.3) is 0 Å². The number of morpholine rings is 1. The summed E-state index contributed by atoms with van der Waals surface area (Å²) in [5.41, 5.74) is 2.18. The van der Waals surface area contributed by atoms with Crippen molar-refractivity contribution < 1.29 is 14.3 Å². The summed E-state index contributed by atoms with van der Waals surface area (Å²) in [6.45, 7) is 2.93. The third kappa shape index (κ3) is 4.62. The van der Waals surface area contributed by atoms with Gasteiger partial charge in [0.2, 0.25) is 5.91 Å². The molecule has 0 aromatic heterocycles. The van der Waals surface area contributed by atoms with Crippen LogP contribution in [0.1, 0.15) is 23.2 Å². The number of hydrogen-bond acceptors (Lipinski definition) is 4. The average molecular weight is 373 g/mol. The van der Waals surface area contributed by atoms with Crippen molar-refractivity contribution >= 4 is 34.7 Å². The zero-order valence-electron chi connectivity index (χ0n) is 14.4. The number of Topliss-reactive ketones (excluding diaryl/α,β-unsaturated/α-hetero) is 1. The molecule has 0 saturated carbocycles. The molecule has 1 N–H and O–H groups in total. The fraction of sp³-hybridized carbons (Fsp3) is 0.300. The second kappa shape index (κ2) is 8.83. The maximum Gasteiger partial charge on any atom is 0.224 e. The van der Waals surface area contributed by atoms with Crippen molar-refractivity contribution in [3.05, 3.63) is 59.1 Å². The van der Waals surface area contributed by atoms with Gasteiger partial charge in [0.05, 0.1) is 29.6 Å². The number of carbonyl (C=O) groups excluding carboxylic acids is 2. The predicted octanol–water partition coefficient (Wildman–Crippen LogP) is 3.78. The van der Waals surface area contributed by atoms with Crippen LogP contribution >= 0.6 is 11.6 Å². The van der Waals surface area contributed by atoms with E-state index in [4.69, 9.17) is 16.3 Å². The molecule has 1 fully saturated rings. The van der Waals surface area contributed by atoms with Crippen LogP contribution in [0.3, 0.4) is 0 Å². The first-order valence-electron chi connectivity index (χ1n) is 8.64. The lowest BCUT2D eigenvalue weighted by atomic mass is 10.1. The maximum absolute atomic E-state index is 12.3. The molecule has 1 saturated heterocycles. The number of halogens is 1. The summed E-state index contributed by atoms with van der Waals surface area (Å²) >= 11 is 6.03. The van der Waals surface area contributed by atoms with Crippen molar-refractivity contribution in [1.82, 2.24) is 0 Å². The zero-order chi connectivity index (χ0) is 18.4. The van der Waals surface area contributed by atoms with Crippen LogP contribution in [-0.2, 0) is 9.53 Å². The molecule has 1 amide bonds.